The fourth-order valence-electron chi connectivity index (χ4n) is 3.49. The number of hydrogen-bond donors (Lipinski definition) is 2. The van der Waals surface area contributed by atoms with Crippen LogP contribution in [0.3, 0.4) is 0 Å². The third kappa shape index (κ3) is 2.88. The van der Waals surface area contributed by atoms with Crippen LogP contribution >= 0.6 is 0 Å². The number of aryl methyl sites for hydroxylation is 3. The minimum absolute atomic E-state index is 0.0857. The first-order valence-electron chi connectivity index (χ1n) is 7.97. The number of fused-ring (bicyclic) bond motifs is 3. The maximum atomic E-state index is 11.9. The minimum atomic E-state index is 0.0857. The van der Waals surface area contributed by atoms with E-state index in [-0.39, 0.29) is 11.9 Å². The molecule has 0 aliphatic heterocycles. The van der Waals surface area contributed by atoms with Gasteiger partial charge < -0.3 is 15.0 Å². The fourth-order valence-corrected chi connectivity index (χ4v) is 3.49. The van der Waals surface area contributed by atoms with Crippen LogP contribution in [0.25, 0.3) is 10.9 Å². The normalized spacial score (nSPS) is 17.5. The zero-order valence-corrected chi connectivity index (χ0v) is 13.6. The standard InChI is InChI=1S/C18H24N2O2/c1-11-8-12(2)18-15(9-11)14-10-13(4-5-16(14)20-18)19-17(21)6-7-22-3/h8-9,13,20H,4-7,10H2,1-3H3,(H,19,21)/t13-/m0/s1. The smallest absolute Gasteiger partial charge is 0.222 e. The molecule has 0 bridgehead atoms. The van der Waals surface area contributed by atoms with Crippen molar-refractivity contribution in [1.29, 1.82) is 0 Å². The number of hydrogen-bond acceptors (Lipinski definition) is 2. The predicted molar refractivity (Wildman–Crippen MR) is 88.2 cm³/mol. The molecule has 1 amide bonds. The van der Waals surface area contributed by atoms with E-state index in [1.807, 2.05) is 0 Å². The van der Waals surface area contributed by atoms with Crippen LogP contribution in [-0.2, 0) is 22.4 Å². The molecule has 22 heavy (non-hydrogen) atoms. The maximum Gasteiger partial charge on any atom is 0.222 e. The highest BCUT2D eigenvalue weighted by Crippen LogP contribution is 2.31. The van der Waals surface area contributed by atoms with Crippen LogP contribution in [0.15, 0.2) is 12.1 Å². The maximum absolute atomic E-state index is 11.9. The molecule has 2 N–H and O–H groups in total. The van der Waals surface area contributed by atoms with Gasteiger partial charge in [-0.25, -0.2) is 0 Å². The predicted octanol–water partition coefficient (Wildman–Crippen LogP) is 2.79. The van der Waals surface area contributed by atoms with Gasteiger partial charge in [0.15, 0.2) is 0 Å². The van der Waals surface area contributed by atoms with Crippen LogP contribution in [0, 0.1) is 13.8 Å². The van der Waals surface area contributed by atoms with Crippen LogP contribution in [0.5, 0.6) is 0 Å². The highest BCUT2D eigenvalue weighted by Gasteiger charge is 2.24. The molecular formula is C18H24N2O2. The molecule has 1 heterocycles. The van der Waals surface area contributed by atoms with Gasteiger partial charge in [-0.05, 0) is 50.3 Å². The summed E-state index contributed by atoms with van der Waals surface area (Å²) in [6, 6.07) is 4.71. The Morgan fingerprint density at radius 3 is 3.00 bits per heavy atom. The van der Waals surface area contributed by atoms with Crippen molar-refractivity contribution in [2.75, 3.05) is 13.7 Å². The molecule has 1 atom stereocenters. The number of aromatic nitrogens is 1. The summed E-state index contributed by atoms with van der Waals surface area (Å²) in [5, 5.41) is 4.47. The van der Waals surface area contributed by atoms with Gasteiger partial charge >= 0.3 is 0 Å². The van der Waals surface area contributed by atoms with E-state index >= 15 is 0 Å². The number of carbonyl (C=O) groups is 1. The number of H-pyrrole nitrogens is 1. The lowest BCUT2D eigenvalue weighted by Gasteiger charge is -2.23. The first-order chi connectivity index (χ1) is 10.6. The zero-order chi connectivity index (χ0) is 15.7. The summed E-state index contributed by atoms with van der Waals surface area (Å²) in [7, 11) is 1.62. The quantitative estimate of drug-likeness (QED) is 0.912. The lowest BCUT2D eigenvalue weighted by molar-refractivity contribution is -0.122. The van der Waals surface area contributed by atoms with Crippen molar-refractivity contribution in [2.45, 2.75) is 45.6 Å². The number of benzene rings is 1. The number of amides is 1. The van der Waals surface area contributed by atoms with Crippen LogP contribution in [0.2, 0.25) is 0 Å². The molecule has 2 aromatic rings. The molecule has 0 unspecified atom stereocenters. The van der Waals surface area contributed by atoms with Gasteiger partial charge in [-0.2, -0.15) is 0 Å². The lowest BCUT2D eigenvalue weighted by atomic mass is 9.90. The van der Waals surface area contributed by atoms with E-state index in [2.05, 4.69) is 36.3 Å². The van der Waals surface area contributed by atoms with Gasteiger partial charge in [0.1, 0.15) is 0 Å². The van der Waals surface area contributed by atoms with Gasteiger partial charge in [0.25, 0.3) is 0 Å². The summed E-state index contributed by atoms with van der Waals surface area (Å²) in [5.74, 6) is 0.0857. The topological polar surface area (TPSA) is 54.1 Å². The molecule has 4 heteroatoms. The third-order valence-corrected chi connectivity index (χ3v) is 4.54. The number of nitrogens with one attached hydrogen (secondary N) is 2. The second-order valence-electron chi connectivity index (χ2n) is 6.34. The van der Waals surface area contributed by atoms with Gasteiger partial charge in [0, 0.05) is 36.2 Å². The Morgan fingerprint density at radius 2 is 2.23 bits per heavy atom. The third-order valence-electron chi connectivity index (χ3n) is 4.54. The van der Waals surface area contributed by atoms with Crippen molar-refractivity contribution in [1.82, 2.24) is 10.3 Å². The van der Waals surface area contributed by atoms with Crippen molar-refractivity contribution in [3.8, 4) is 0 Å². The summed E-state index contributed by atoms with van der Waals surface area (Å²) in [4.78, 5) is 15.5. The van der Waals surface area contributed by atoms with E-state index in [0.717, 1.165) is 19.3 Å². The molecule has 1 aromatic carbocycles. The van der Waals surface area contributed by atoms with Crippen molar-refractivity contribution >= 4 is 16.8 Å². The highest BCUT2D eigenvalue weighted by atomic mass is 16.5. The number of aromatic amines is 1. The lowest BCUT2D eigenvalue weighted by Crippen LogP contribution is -2.39. The molecule has 0 saturated heterocycles. The minimum Gasteiger partial charge on any atom is -0.384 e. The van der Waals surface area contributed by atoms with Gasteiger partial charge in [-0.3, -0.25) is 4.79 Å². The van der Waals surface area contributed by atoms with Crippen LogP contribution in [0.1, 0.15) is 35.2 Å². The van der Waals surface area contributed by atoms with Gasteiger partial charge in [0.2, 0.25) is 5.91 Å². The second kappa shape index (κ2) is 6.13. The van der Waals surface area contributed by atoms with Crippen molar-refractivity contribution < 1.29 is 9.53 Å². The first-order valence-corrected chi connectivity index (χ1v) is 7.97. The Bertz CT molecular complexity index is 703. The molecule has 0 fully saturated rings. The molecule has 118 valence electrons. The molecule has 1 aromatic heterocycles. The number of ether oxygens (including phenoxy) is 1. The first kappa shape index (κ1) is 15.1. The summed E-state index contributed by atoms with van der Waals surface area (Å²) in [6.07, 6.45) is 3.34. The molecule has 0 radical (unpaired) electrons. The molecule has 4 nitrogen and oxygen atoms in total. The van der Waals surface area contributed by atoms with E-state index in [1.165, 1.54) is 33.3 Å². The van der Waals surface area contributed by atoms with E-state index in [9.17, 15) is 4.79 Å². The highest BCUT2D eigenvalue weighted by molar-refractivity contribution is 5.88. The molecule has 1 aliphatic carbocycles. The SMILES string of the molecule is COCCC(=O)N[C@H]1CCc2[nH]c3c(C)cc(C)cc3c2C1. The number of methoxy groups -OCH3 is 1. The Morgan fingerprint density at radius 1 is 1.41 bits per heavy atom. The van der Waals surface area contributed by atoms with E-state index < -0.39 is 0 Å². The van der Waals surface area contributed by atoms with Crippen molar-refractivity contribution in [3.05, 3.63) is 34.5 Å². The average molecular weight is 300 g/mol. The van der Waals surface area contributed by atoms with Gasteiger partial charge in [0.05, 0.1) is 6.61 Å². The van der Waals surface area contributed by atoms with Crippen LogP contribution in [0.4, 0.5) is 0 Å². The Labute approximate surface area is 131 Å². The Kier molecular flexibility index (Phi) is 4.21. The van der Waals surface area contributed by atoms with E-state index in [0.29, 0.717) is 13.0 Å². The zero-order valence-electron chi connectivity index (χ0n) is 13.6. The number of rotatable bonds is 4. The molecule has 0 saturated carbocycles. The Hall–Kier alpha value is -1.81. The van der Waals surface area contributed by atoms with Crippen LogP contribution in [-0.4, -0.2) is 30.6 Å². The Balaban J connectivity index is 1.81. The molecule has 0 spiro atoms. The van der Waals surface area contributed by atoms with Crippen molar-refractivity contribution in [3.63, 3.8) is 0 Å². The summed E-state index contributed by atoms with van der Waals surface area (Å²) < 4.78 is 4.96. The second-order valence-corrected chi connectivity index (χ2v) is 6.34. The fraction of sp³-hybridized carbons (Fsp3) is 0.500. The number of carbonyl (C=O) groups excluding carboxylic acids is 1. The largest absolute Gasteiger partial charge is 0.384 e. The van der Waals surface area contributed by atoms with Crippen LogP contribution < -0.4 is 5.32 Å². The van der Waals surface area contributed by atoms with Crippen molar-refractivity contribution in [2.24, 2.45) is 0 Å². The summed E-state index contributed by atoms with van der Waals surface area (Å²) >= 11 is 0. The molecule has 3 rings (SSSR count). The summed E-state index contributed by atoms with van der Waals surface area (Å²) in [6.45, 7) is 4.77. The van der Waals surface area contributed by atoms with E-state index in [1.54, 1.807) is 7.11 Å². The monoisotopic (exact) mass is 300 g/mol. The van der Waals surface area contributed by atoms with Gasteiger partial charge in [-0.15, -0.1) is 0 Å². The summed E-state index contributed by atoms with van der Waals surface area (Å²) in [5.41, 5.74) is 6.56. The van der Waals surface area contributed by atoms with Gasteiger partial charge in [-0.1, -0.05) is 11.6 Å². The molecule has 1 aliphatic rings. The van der Waals surface area contributed by atoms with E-state index in [4.69, 9.17) is 4.74 Å². The molecular weight excluding hydrogens is 276 g/mol. The average Bonchev–Trinajstić information content (AvgIpc) is 2.84.